The van der Waals surface area contributed by atoms with Crippen molar-refractivity contribution in [2.75, 3.05) is 6.16 Å². The molecule has 0 aliphatic heterocycles. The maximum Gasteiger partial charge on any atom is -0.0159 e. The summed E-state index contributed by atoms with van der Waals surface area (Å²) in [6, 6.07) is 0. The van der Waals surface area contributed by atoms with Crippen LogP contribution in [0.4, 0.5) is 0 Å². The monoisotopic (exact) mass is 186 g/mol. The molecule has 0 nitrogen and oxygen atoms in total. The van der Waals surface area contributed by atoms with Gasteiger partial charge in [0.2, 0.25) is 0 Å². The predicted octanol–water partition coefficient (Wildman–Crippen LogP) is 4.05. The van der Waals surface area contributed by atoms with Gasteiger partial charge in [-0.05, 0) is 31.5 Å². The fourth-order valence-electron chi connectivity index (χ4n) is 0.874. The van der Waals surface area contributed by atoms with Gasteiger partial charge in [-0.2, -0.15) is 0 Å². The molecule has 0 aromatic rings. The first-order valence-corrected chi connectivity index (χ1v) is 5.56. The van der Waals surface area contributed by atoms with E-state index in [4.69, 9.17) is 0 Å². The summed E-state index contributed by atoms with van der Waals surface area (Å²) in [5, 5.41) is 0. The third kappa shape index (κ3) is 6.61. The molecular weight excluding hydrogens is 163 g/mol. The zero-order valence-electron chi connectivity index (χ0n) is 9.09. The Morgan fingerprint density at radius 2 is 1.83 bits per heavy atom. The van der Waals surface area contributed by atoms with E-state index < -0.39 is 0 Å². The van der Waals surface area contributed by atoms with E-state index in [1.165, 1.54) is 5.57 Å². The van der Waals surface area contributed by atoms with E-state index in [9.17, 15) is 0 Å². The van der Waals surface area contributed by atoms with Crippen molar-refractivity contribution in [3.63, 3.8) is 0 Å². The Kier molecular flexibility index (Phi) is 13.1. The van der Waals surface area contributed by atoms with Crippen LogP contribution in [0.25, 0.3) is 0 Å². The molecule has 2 unspecified atom stereocenters. The normalized spacial score (nSPS) is 14.0. The molecule has 0 N–H and O–H groups in total. The molecule has 72 valence electrons. The van der Waals surface area contributed by atoms with E-state index in [1.54, 1.807) is 0 Å². The van der Waals surface area contributed by atoms with Crippen molar-refractivity contribution in [3.8, 4) is 0 Å². The minimum absolute atomic E-state index is 0.672. The molecule has 0 saturated carbocycles. The van der Waals surface area contributed by atoms with Gasteiger partial charge in [0.15, 0.2) is 0 Å². The highest BCUT2D eigenvalue weighted by Crippen LogP contribution is 2.13. The molecule has 2 atom stereocenters. The van der Waals surface area contributed by atoms with E-state index in [1.807, 2.05) is 13.8 Å². The average molecular weight is 186 g/mol. The van der Waals surface area contributed by atoms with Gasteiger partial charge in [0.1, 0.15) is 0 Å². The second kappa shape index (κ2) is 10.9. The number of rotatable bonds is 3. The molecule has 0 aromatic carbocycles. The van der Waals surface area contributed by atoms with E-state index >= 15 is 0 Å². The van der Waals surface area contributed by atoms with E-state index in [-0.39, 0.29) is 0 Å². The van der Waals surface area contributed by atoms with Gasteiger partial charge < -0.3 is 0 Å². The molecule has 0 radical (unpaired) electrons. The van der Waals surface area contributed by atoms with E-state index in [2.05, 4.69) is 48.2 Å². The predicted molar refractivity (Wildman–Crippen MR) is 63.7 cm³/mol. The van der Waals surface area contributed by atoms with Crippen LogP contribution in [0.15, 0.2) is 23.8 Å². The molecule has 0 aromatic heterocycles. The number of hydrogen-bond acceptors (Lipinski definition) is 0. The maximum atomic E-state index is 2.77. The summed E-state index contributed by atoms with van der Waals surface area (Å²) in [6.07, 6.45) is 7.58. The first kappa shape index (κ1) is 14.4. The Bertz CT molecular complexity index is 134. The molecule has 1 heteroatoms. The van der Waals surface area contributed by atoms with Gasteiger partial charge in [0.05, 0.1) is 0 Å². The van der Waals surface area contributed by atoms with Gasteiger partial charge in [-0.25, -0.2) is 0 Å². The van der Waals surface area contributed by atoms with E-state index in [0.29, 0.717) is 5.92 Å². The summed E-state index contributed by atoms with van der Waals surface area (Å²) >= 11 is 0. The molecular formula is C11H23P. The van der Waals surface area contributed by atoms with Crippen LogP contribution < -0.4 is 0 Å². The minimum atomic E-state index is 0.672. The van der Waals surface area contributed by atoms with Crippen LogP contribution in [0.3, 0.4) is 0 Å². The fraction of sp³-hybridized carbons (Fsp3) is 0.636. The van der Waals surface area contributed by atoms with Crippen LogP contribution in [0.2, 0.25) is 0 Å². The third-order valence-corrected chi connectivity index (χ3v) is 2.32. The number of hydrogen-bond donors (Lipinski definition) is 0. The number of allylic oxidation sites excluding steroid dienone is 4. The summed E-state index contributed by atoms with van der Waals surface area (Å²) in [5.74, 6) is 0.672. The fourth-order valence-corrected chi connectivity index (χ4v) is 1.15. The summed E-state index contributed by atoms with van der Waals surface area (Å²) in [5.41, 5.74) is 1.43. The lowest BCUT2D eigenvalue weighted by molar-refractivity contribution is 0.803. The Hall–Kier alpha value is -0.0900. The lowest BCUT2D eigenvalue weighted by atomic mass is 10.0. The molecule has 0 aliphatic rings. The van der Waals surface area contributed by atoms with Crippen molar-refractivity contribution in [3.05, 3.63) is 23.8 Å². The smallest absolute Gasteiger partial charge is 0.0159 e. The highest BCUT2D eigenvalue weighted by atomic mass is 31.0. The zero-order valence-corrected chi connectivity index (χ0v) is 10.2. The maximum absolute atomic E-state index is 2.77. The summed E-state index contributed by atoms with van der Waals surface area (Å²) in [6.45, 7) is 10.4. The van der Waals surface area contributed by atoms with Gasteiger partial charge in [-0.1, -0.05) is 39.0 Å². The van der Waals surface area contributed by atoms with Gasteiger partial charge in [-0.3, -0.25) is 0 Å². The lowest BCUT2D eigenvalue weighted by Crippen LogP contribution is -1.97. The van der Waals surface area contributed by atoms with Gasteiger partial charge in [0.25, 0.3) is 0 Å². The highest BCUT2D eigenvalue weighted by molar-refractivity contribution is 7.16. The Morgan fingerprint density at radius 1 is 1.33 bits per heavy atom. The van der Waals surface area contributed by atoms with Crippen LogP contribution in [-0.2, 0) is 0 Å². The lowest BCUT2D eigenvalue weighted by Gasteiger charge is -2.08. The van der Waals surface area contributed by atoms with Crippen molar-refractivity contribution in [2.24, 2.45) is 5.92 Å². The second-order valence-electron chi connectivity index (χ2n) is 2.43. The van der Waals surface area contributed by atoms with Crippen molar-refractivity contribution < 1.29 is 0 Å². The zero-order chi connectivity index (χ0) is 9.98. The SMILES string of the molecule is C/C=C\C(=C/C)C(C)CP.CC. The molecule has 0 amide bonds. The molecule has 0 spiro atoms. The van der Waals surface area contributed by atoms with Crippen LogP contribution in [-0.4, -0.2) is 6.16 Å². The van der Waals surface area contributed by atoms with Crippen molar-refractivity contribution >= 4 is 9.24 Å². The quantitative estimate of drug-likeness (QED) is 0.461. The van der Waals surface area contributed by atoms with Crippen molar-refractivity contribution in [2.45, 2.75) is 34.6 Å². The Labute approximate surface area is 80.3 Å². The second-order valence-corrected chi connectivity index (χ2v) is 2.90. The van der Waals surface area contributed by atoms with Gasteiger partial charge in [-0.15, -0.1) is 9.24 Å². The van der Waals surface area contributed by atoms with Gasteiger partial charge in [0, 0.05) is 0 Å². The van der Waals surface area contributed by atoms with Crippen LogP contribution in [0, 0.1) is 5.92 Å². The van der Waals surface area contributed by atoms with Crippen molar-refractivity contribution in [1.82, 2.24) is 0 Å². The summed E-state index contributed by atoms with van der Waals surface area (Å²) < 4.78 is 0. The molecule has 0 saturated heterocycles. The van der Waals surface area contributed by atoms with E-state index in [0.717, 1.165) is 6.16 Å². The highest BCUT2D eigenvalue weighted by Gasteiger charge is 1.99. The van der Waals surface area contributed by atoms with Gasteiger partial charge >= 0.3 is 0 Å². The Balaban J connectivity index is 0. The summed E-state index contributed by atoms with van der Waals surface area (Å²) in [4.78, 5) is 0. The molecule has 0 bridgehead atoms. The van der Waals surface area contributed by atoms with Crippen molar-refractivity contribution in [1.29, 1.82) is 0 Å². The first-order chi connectivity index (χ1) is 5.76. The summed E-state index contributed by atoms with van der Waals surface area (Å²) in [7, 11) is 2.77. The van der Waals surface area contributed by atoms with Crippen LogP contribution >= 0.6 is 9.24 Å². The van der Waals surface area contributed by atoms with Crippen LogP contribution in [0.1, 0.15) is 34.6 Å². The van der Waals surface area contributed by atoms with Crippen LogP contribution in [0.5, 0.6) is 0 Å². The molecule has 0 rings (SSSR count). The Morgan fingerprint density at radius 3 is 2.08 bits per heavy atom. The standard InChI is InChI=1S/C9H17P.C2H6/c1-4-6-9(5-2)8(3)7-10;1-2/h4-6,8H,7,10H2,1-3H3;1-2H3/b6-4-,9-5+;. The average Bonchev–Trinajstić information content (AvgIpc) is 2.16. The molecule has 0 fully saturated rings. The molecule has 0 heterocycles. The molecule has 12 heavy (non-hydrogen) atoms. The largest absolute Gasteiger partial charge is 0.137 e. The minimum Gasteiger partial charge on any atom is -0.137 e. The molecule has 0 aliphatic carbocycles. The topological polar surface area (TPSA) is 0 Å². The third-order valence-electron chi connectivity index (χ3n) is 1.62. The first-order valence-electron chi connectivity index (χ1n) is 4.75.